The van der Waals surface area contributed by atoms with Gasteiger partial charge in [0, 0.05) is 11.4 Å². The number of ether oxygens (including phenoxy) is 2. The number of likely N-dealkylation sites (tertiary alicyclic amines) is 1. The Balaban J connectivity index is 1.63. The summed E-state index contributed by atoms with van der Waals surface area (Å²) >= 11 is 1.54. The lowest BCUT2D eigenvalue weighted by Crippen LogP contribution is -2.33. The summed E-state index contributed by atoms with van der Waals surface area (Å²) in [4.78, 5) is 2.47. The molecule has 1 fully saturated rings. The molecule has 2 heterocycles. The average Bonchev–Trinajstić information content (AvgIpc) is 3.27. The van der Waals surface area contributed by atoms with E-state index in [4.69, 9.17) is 9.47 Å². The number of benzene rings is 2. The van der Waals surface area contributed by atoms with E-state index in [1.54, 1.807) is 24.9 Å². The molecular formula is C24H29FN4O2S. The van der Waals surface area contributed by atoms with E-state index in [9.17, 15) is 4.39 Å². The van der Waals surface area contributed by atoms with Crippen molar-refractivity contribution in [2.24, 2.45) is 0 Å². The van der Waals surface area contributed by atoms with Crippen LogP contribution in [-0.4, -0.2) is 47.0 Å². The topological polar surface area (TPSA) is 52.4 Å². The molecule has 3 aromatic rings. The number of thioether (sulfide) groups is 1. The zero-order chi connectivity index (χ0) is 22.5. The van der Waals surface area contributed by atoms with Crippen LogP contribution in [0.25, 0.3) is 5.69 Å². The molecule has 1 saturated heterocycles. The highest BCUT2D eigenvalue weighted by Crippen LogP contribution is 2.32. The monoisotopic (exact) mass is 456 g/mol. The summed E-state index contributed by atoms with van der Waals surface area (Å²) in [6.45, 7) is 4.34. The lowest BCUT2D eigenvalue weighted by Gasteiger charge is -2.31. The van der Waals surface area contributed by atoms with E-state index in [0.29, 0.717) is 5.75 Å². The molecule has 6 nitrogen and oxygen atoms in total. The number of aromatic nitrogens is 3. The summed E-state index contributed by atoms with van der Waals surface area (Å²) in [7, 11) is 3.13. The van der Waals surface area contributed by atoms with Crippen molar-refractivity contribution in [3.8, 4) is 17.2 Å². The minimum Gasteiger partial charge on any atom is -0.497 e. The standard InChI is InChI=1S/C24H29FN4O2S/c1-17(28-13-5-4-6-14-28)23-26-27-24(29(23)19-8-10-20(30-2)11-9-19)32-16-18-7-12-22(31-3)21(25)15-18/h7-12,15,17H,4-6,13-14,16H2,1-3H3/t17-/m1/s1. The van der Waals surface area contributed by atoms with Gasteiger partial charge in [0.05, 0.1) is 20.3 Å². The van der Waals surface area contributed by atoms with Crippen molar-refractivity contribution >= 4 is 11.8 Å². The molecule has 0 N–H and O–H groups in total. The summed E-state index contributed by atoms with van der Waals surface area (Å²) in [6, 6.07) is 13.1. The van der Waals surface area contributed by atoms with Gasteiger partial charge in [0.1, 0.15) is 5.75 Å². The van der Waals surface area contributed by atoms with Gasteiger partial charge in [-0.1, -0.05) is 24.2 Å². The van der Waals surface area contributed by atoms with Gasteiger partial charge in [0.15, 0.2) is 22.5 Å². The van der Waals surface area contributed by atoms with Gasteiger partial charge < -0.3 is 9.47 Å². The van der Waals surface area contributed by atoms with Crippen LogP contribution in [0, 0.1) is 5.82 Å². The third-order valence-electron chi connectivity index (χ3n) is 5.89. The number of hydrogen-bond donors (Lipinski definition) is 0. The molecule has 1 atom stereocenters. The van der Waals surface area contributed by atoms with Gasteiger partial charge in [-0.25, -0.2) is 4.39 Å². The lowest BCUT2D eigenvalue weighted by atomic mass is 10.1. The SMILES string of the molecule is COc1ccc(-n2c(SCc3ccc(OC)c(F)c3)nnc2[C@@H](C)N2CCCCC2)cc1. The Labute approximate surface area is 192 Å². The first kappa shape index (κ1) is 22.6. The van der Waals surface area contributed by atoms with E-state index in [2.05, 4.69) is 26.6 Å². The molecule has 0 saturated carbocycles. The maximum Gasteiger partial charge on any atom is 0.196 e. The molecule has 8 heteroatoms. The highest BCUT2D eigenvalue weighted by Gasteiger charge is 2.25. The number of halogens is 1. The molecule has 0 unspecified atom stereocenters. The molecule has 1 aliphatic heterocycles. The molecular weight excluding hydrogens is 427 g/mol. The Morgan fingerprint density at radius 2 is 1.75 bits per heavy atom. The molecule has 0 bridgehead atoms. The van der Waals surface area contributed by atoms with Crippen molar-refractivity contribution in [3.05, 3.63) is 59.7 Å². The first-order chi connectivity index (χ1) is 15.6. The molecule has 4 rings (SSSR count). The number of nitrogens with zero attached hydrogens (tertiary/aromatic N) is 4. The fourth-order valence-electron chi connectivity index (χ4n) is 4.04. The van der Waals surface area contributed by atoms with Gasteiger partial charge in [-0.2, -0.15) is 0 Å². The van der Waals surface area contributed by atoms with Gasteiger partial charge in [-0.15, -0.1) is 10.2 Å². The van der Waals surface area contributed by atoms with E-state index in [1.807, 2.05) is 30.3 Å². The highest BCUT2D eigenvalue weighted by atomic mass is 32.2. The Morgan fingerprint density at radius 1 is 1.00 bits per heavy atom. The minimum atomic E-state index is -0.360. The largest absolute Gasteiger partial charge is 0.497 e. The maximum absolute atomic E-state index is 14.1. The Kier molecular flexibility index (Phi) is 7.32. The second kappa shape index (κ2) is 10.4. The van der Waals surface area contributed by atoms with Gasteiger partial charge in [-0.05, 0) is 74.8 Å². The van der Waals surface area contributed by atoms with Crippen LogP contribution in [0.15, 0.2) is 47.6 Å². The molecule has 170 valence electrons. The molecule has 0 amide bonds. The van der Waals surface area contributed by atoms with Crippen molar-refractivity contribution in [1.82, 2.24) is 19.7 Å². The van der Waals surface area contributed by atoms with Crippen molar-refractivity contribution in [2.45, 2.75) is 43.1 Å². The van der Waals surface area contributed by atoms with Crippen molar-refractivity contribution in [2.75, 3.05) is 27.3 Å². The highest BCUT2D eigenvalue weighted by molar-refractivity contribution is 7.98. The summed E-state index contributed by atoms with van der Waals surface area (Å²) in [5, 5.41) is 9.90. The Bertz CT molecular complexity index is 1030. The van der Waals surface area contributed by atoms with E-state index in [-0.39, 0.29) is 17.6 Å². The zero-order valence-corrected chi connectivity index (χ0v) is 19.6. The number of methoxy groups -OCH3 is 2. The second-order valence-electron chi connectivity index (χ2n) is 7.90. The maximum atomic E-state index is 14.1. The summed E-state index contributed by atoms with van der Waals surface area (Å²) in [6.07, 6.45) is 3.71. The van der Waals surface area contributed by atoms with Crippen LogP contribution in [0.5, 0.6) is 11.5 Å². The predicted octanol–water partition coefficient (Wildman–Crippen LogP) is 5.26. The van der Waals surface area contributed by atoms with E-state index in [0.717, 1.165) is 41.1 Å². The van der Waals surface area contributed by atoms with Crippen molar-refractivity contribution in [1.29, 1.82) is 0 Å². The Morgan fingerprint density at radius 3 is 2.41 bits per heavy atom. The Hall–Kier alpha value is -2.58. The molecule has 1 aromatic heterocycles. The van der Waals surface area contributed by atoms with Crippen molar-refractivity contribution in [3.63, 3.8) is 0 Å². The number of hydrogen-bond acceptors (Lipinski definition) is 6. The predicted molar refractivity (Wildman–Crippen MR) is 124 cm³/mol. The van der Waals surface area contributed by atoms with E-state index < -0.39 is 0 Å². The van der Waals surface area contributed by atoms with Gasteiger partial charge in [0.2, 0.25) is 0 Å². The van der Waals surface area contributed by atoms with Crippen molar-refractivity contribution < 1.29 is 13.9 Å². The molecule has 0 aliphatic carbocycles. The van der Waals surface area contributed by atoms with Gasteiger partial charge >= 0.3 is 0 Å². The van der Waals surface area contributed by atoms with Crippen LogP contribution >= 0.6 is 11.8 Å². The summed E-state index contributed by atoms with van der Waals surface area (Å²) in [5.41, 5.74) is 1.85. The van der Waals surface area contributed by atoms with Crippen LogP contribution in [0.3, 0.4) is 0 Å². The van der Waals surface area contributed by atoms with E-state index in [1.165, 1.54) is 32.4 Å². The van der Waals surface area contributed by atoms with Gasteiger partial charge in [-0.3, -0.25) is 9.47 Å². The molecule has 2 aromatic carbocycles. The molecule has 0 radical (unpaired) electrons. The lowest BCUT2D eigenvalue weighted by molar-refractivity contribution is 0.167. The quantitative estimate of drug-likeness (QED) is 0.431. The second-order valence-corrected chi connectivity index (χ2v) is 8.85. The summed E-state index contributed by atoms with van der Waals surface area (Å²) < 4.78 is 26.6. The first-order valence-corrected chi connectivity index (χ1v) is 11.9. The summed E-state index contributed by atoms with van der Waals surface area (Å²) in [5.74, 6) is 2.18. The van der Waals surface area contributed by atoms with Crippen LogP contribution < -0.4 is 9.47 Å². The number of piperidine rings is 1. The van der Waals surface area contributed by atoms with Crippen LogP contribution in [0.1, 0.15) is 43.6 Å². The normalized spacial score (nSPS) is 15.5. The van der Waals surface area contributed by atoms with Gasteiger partial charge in [0.25, 0.3) is 0 Å². The number of rotatable bonds is 8. The molecule has 1 aliphatic rings. The molecule has 32 heavy (non-hydrogen) atoms. The fraction of sp³-hybridized carbons (Fsp3) is 0.417. The fourth-order valence-corrected chi connectivity index (χ4v) is 4.94. The average molecular weight is 457 g/mol. The third kappa shape index (κ3) is 4.91. The zero-order valence-electron chi connectivity index (χ0n) is 18.8. The molecule has 0 spiro atoms. The van der Waals surface area contributed by atoms with Crippen LogP contribution in [0.4, 0.5) is 4.39 Å². The van der Waals surface area contributed by atoms with E-state index >= 15 is 0 Å². The smallest absolute Gasteiger partial charge is 0.196 e. The van der Waals surface area contributed by atoms with Crippen LogP contribution in [-0.2, 0) is 5.75 Å². The third-order valence-corrected chi connectivity index (χ3v) is 6.89. The van der Waals surface area contributed by atoms with Crippen LogP contribution in [0.2, 0.25) is 0 Å². The minimum absolute atomic E-state index is 0.151. The first-order valence-electron chi connectivity index (χ1n) is 10.9.